The largest absolute Gasteiger partial charge is 0.369 e. The van der Waals surface area contributed by atoms with Gasteiger partial charge in [0.05, 0.1) is 5.69 Å². The molecule has 1 heterocycles. The first-order valence-electron chi connectivity index (χ1n) is 5.79. The van der Waals surface area contributed by atoms with Gasteiger partial charge in [-0.1, -0.05) is 32.4 Å². The second-order valence-corrected chi connectivity index (χ2v) is 3.85. The average Bonchev–Trinajstić information content (AvgIpc) is 2.72. The zero-order valence-electron chi connectivity index (χ0n) is 9.67. The molecule has 0 saturated carbocycles. The second kappa shape index (κ2) is 6.44. The molecule has 2 rings (SSSR count). The summed E-state index contributed by atoms with van der Waals surface area (Å²) in [7, 11) is 0. The van der Waals surface area contributed by atoms with E-state index >= 15 is 0 Å². The first-order valence-corrected chi connectivity index (χ1v) is 5.79. The predicted octanol–water partition coefficient (Wildman–Crippen LogP) is 3.84. The molecule has 0 spiro atoms. The predicted molar refractivity (Wildman–Crippen MR) is 63.8 cm³/mol. The van der Waals surface area contributed by atoms with Crippen LogP contribution in [0.3, 0.4) is 0 Å². The van der Waals surface area contributed by atoms with Crippen molar-refractivity contribution in [3.05, 3.63) is 30.1 Å². The van der Waals surface area contributed by atoms with E-state index in [-0.39, 0.29) is 5.82 Å². The molecule has 1 aliphatic heterocycles. The minimum absolute atomic E-state index is 0.0978. The Labute approximate surface area is 91.9 Å². The highest BCUT2D eigenvalue weighted by Gasteiger charge is 2.14. The maximum Gasteiger partial charge on any atom is 0.146 e. The van der Waals surface area contributed by atoms with E-state index in [1.165, 1.54) is 25.3 Å². The van der Waals surface area contributed by atoms with Crippen LogP contribution in [0.4, 0.5) is 10.1 Å². The summed E-state index contributed by atoms with van der Waals surface area (Å²) in [4.78, 5) is 2.11. The highest BCUT2D eigenvalue weighted by Crippen LogP contribution is 2.22. The minimum atomic E-state index is -0.0978. The summed E-state index contributed by atoms with van der Waals surface area (Å²) in [5.41, 5.74) is 0.759. The van der Waals surface area contributed by atoms with Gasteiger partial charge in [-0.05, 0) is 25.0 Å². The van der Waals surface area contributed by atoms with Crippen molar-refractivity contribution < 1.29 is 4.39 Å². The van der Waals surface area contributed by atoms with Crippen molar-refractivity contribution in [2.45, 2.75) is 33.1 Å². The summed E-state index contributed by atoms with van der Waals surface area (Å²) in [6, 6.07) is 6.99. The van der Waals surface area contributed by atoms with E-state index in [4.69, 9.17) is 0 Å². The van der Waals surface area contributed by atoms with Crippen LogP contribution in [0.25, 0.3) is 0 Å². The van der Waals surface area contributed by atoms with Crippen LogP contribution in [-0.2, 0) is 0 Å². The maximum atomic E-state index is 13.2. The van der Waals surface area contributed by atoms with E-state index < -0.39 is 0 Å². The lowest BCUT2D eigenvalue weighted by Crippen LogP contribution is -2.18. The van der Waals surface area contributed by atoms with Crippen LogP contribution in [0.15, 0.2) is 24.3 Å². The Balaban J connectivity index is 0.000000337. The lowest BCUT2D eigenvalue weighted by Gasteiger charge is -2.17. The highest BCUT2D eigenvalue weighted by molar-refractivity contribution is 5.48. The second-order valence-electron chi connectivity index (χ2n) is 3.85. The Kier molecular flexibility index (Phi) is 5.16. The van der Waals surface area contributed by atoms with Crippen molar-refractivity contribution in [2.75, 3.05) is 18.0 Å². The normalized spacial score (nSPS) is 14.7. The molecule has 0 bridgehead atoms. The monoisotopic (exact) mass is 209 g/mol. The van der Waals surface area contributed by atoms with E-state index in [1.807, 2.05) is 12.1 Å². The molecule has 0 radical (unpaired) electrons. The van der Waals surface area contributed by atoms with Crippen molar-refractivity contribution in [1.29, 1.82) is 0 Å². The van der Waals surface area contributed by atoms with E-state index in [9.17, 15) is 4.39 Å². The van der Waals surface area contributed by atoms with Gasteiger partial charge >= 0.3 is 0 Å². The van der Waals surface area contributed by atoms with Gasteiger partial charge in [-0.15, -0.1) is 0 Å². The lowest BCUT2D eigenvalue weighted by atomic mass is 10.3. The van der Waals surface area contributed by atoms with Crippen LogP contribution in [0.5, 0.6) is 0 Å². The summed E-state index contributed by atoms with van der Waals surface area (Å²) in [6.07, 6.45) is 3.63. The maximum absolute atomic E-state index is 13.2. The quantitative estimate of drug-likeness (QED) is 0.679. The first kappa shape index (κ1) is 12.0. The third kappa shape index (κ3) is 3.54. The van der Waals surface area contributed by atoms with Gasteiger partial charge in [0.1, 0.15) is 5.82 Å². The SMILES string of the molecule is CCC.Fc1ccccc1N1CCCC1. The summed E-state index contributed by atoms with van der Waals surface area (Å²) < 4.78 is 13.2. The van der Waals surface area contributed by atoms with Crippen molar-refractivity contribution >= 4 is 5.69 Å². The van der Waals surface area contributed by atoms with Gasteiger partial charge in [0.25, 0.3) is 0 Å². The van der Waals surface area contributed by atoms with Crippen molar-refractivity contribution in [2.24, 2.45) is 0 Å². The molecule has 0 aliphatic carbocycles. The molecule has 0 N–H and O–H groups in total. The van der Waals surface area contributed by atoms with Crippen molar-refractivity contribution in [3.63, 3.8) is 0 Å². The summed E-state index contributed by atoms with van der Waals surface area (Å²) in [6.45, 7) is 6.25. The molecule has 1 nitrogen and oxygen atoms in total. The fraction of sp³-hybridized carbons (Fsp3) is 0.538. The van der Waals surface area contributed by atoms with Gasteiger partial charge in [-0.25, -0.2) is 4.39 Å². The molecule has 2 heteroatoms. The van der Waals surface area contributed by atoms with E-state index in [1.54, 1.807) is 6.07 Å². The van der Waals surface area contributed by atoms with Crippen LogP contribution < -0.4 is 4.90 Å². The highest BCUT2D eigenvalue weighted by atomic mass is 19.1. The molecule has 0 aromatic heterocycles. The fourth-order valence-corrected chi connectivity index (χ4v) is 1.67. The topological polar surface area (TPSA) is 3.24 Å². The molecule has 1 aromatic rings. The number of benzene rings is 1. The molecule has 1 fully saturated rings. The van der Waals surface area contributed by atoms with Gasteiger partial charge in [0.15, 0.2) is 0 Å². The lowest BCUT2D eigenvalue weighted by molar-refractivity contribution is 0.623. The first-order chi connectivity index (χ1) is 7.29. The Bertz CT molecular complexity index is 280. The Morgan fingerprint density at radius 2 is 1.67 bits per heavy atom. The van der Waals surface area contributed by atoms with Crippen LogP contribution >= 0.6 is 0 Å². The number of rotatable bonds is 1. The van der Waals surface area contributed by atoms with Gasteiger partial charge in [-0.2, -0.15) is 0 Å². The Morgan fingerprint density at radius 1 is 1.13 bits per heavy atom. The molecule has 84 valence electrons. The zero-order chi connectivity index (χ0) is 11.1. The molecule has 0 atom stereocenters. The summed E-state index contributed by atoms with van der Waals surface area (Å²) in [5, 5.41) is 0. The van der Waals surface area contributed by atoms with Crippen LogP contribution in [0.1, 0.15) is 33.1 Å². The summed E-state index contributed by atoms with van der Waals surface area (Å²) >= 11 is 0. The number of halogens is 1. The summed E-state index contributed by atoms with van der Waals surface area (Å²) in [5.74, 6) is -0.0978. The molecule has 0 unspecified atom stereocenters. The van der Waals surface area contributed by atoms with Crippen molar-refractivity contribution in [3.8, 4) is 0 Å². The molecule has 0 amide bonds. The zero-order valence-corrected chi connectivity index (χ0v) is 9.67. The van der Waals surface area contributed by atoms with Gasteiger partial charge in [0.2, 0.25) is 0 Å². The molecular weight excluding hydrogens is 189 g/mol. The number of hydrogen-bond donors (Lipinski definition) is 0. The van der Waals surface area contributed by atoms with Gasteiger partial charge < -0.3 is 4.90 Å². The number of para-hydroxylation sites is 1. The van der Waals surface area contributed by atoms with E-state index in [0.717, 1.165) is 18.8 Å². The molecule has 1 saturated heterocycles. The molecule has 1 aromatic carbocycles. The van der Waals surface area contributed by atoms with Crippen LogP contribution in [-0.4, -0.2) is 13.1 Å². The van der Waals surface area contributed by atoms with E-state index in [2.05, 4.69) is 18.7 Å². The fourth-order valence-electron chi connectivity index (χ4n) is 1.67. The third-order valence-corrected chi connectivity index (χ3v) is 2.30. The Morgan fingerprint density at radius 3 is 2.20 bits per heavy atom. The standard InChI is InChI=1S/C10H12FN.C3H8/c11-9-5-1-2-6-10(9)12-7-3-4-8-12;1-3-2/h1-2,5-6H,3-4,7-8H2;3H2,1-2H3. The third-order valence-electron chi connectivity index (χ3n) is 2.30. The average molecular weight is 209 g/mol. The smallest absolute Gasteiger partial charge is 0.146 e. The molecule has 15 heavy (non-hydrogen) atoms. The van der Waals surface area contributed by atoms with Gasteiger partial charge in [0, 0.05) is 13.1 Å². The number of anilines is 1. The number of hydrogen-bond acceptors (Lipinski definition) is 1. The molecule has 1 aliphatic rings. The van der Waals surface area contributed by atoms with Crippen LogP contribution in [0, 0.1) is 5.82 Å². The van der Waals surface area contributed by atoms with E-state index in [0.29, 0.717) is 0 Å². The minimum Gasteiger partial charge on any atom is -0.369 e. The van der Waals surface area contributed by atoms with Gasteiger partial charge in [-0.3, -0.25) is 0 Å². The Hall–Kier alpha value is -1.05. The molecular formula is C13H20FN. The number of nitrogens with zero attached hydrogens (tertiary/aromatic N) is 1. The van der Waals surface area contributed by atoms with Crippen molar-refractivity contribution in [1.82, 2.24) is 0 Å². The van der Waals surface area contributed by atoms with Crippen LogP contribution in [0.2, 0.25) is 0 Å².